The van der Waals surface area contributed by atoms with Crippen LogP contribution >= 0.6 is 28.1 Å². The molecule has 0 bridgehead atoms. The van der Waals surface area contributed by atoms with Gasteiger partial charge in [-0.3, -0.25) is 10.1 Å². The van der Waals surface area contributed by atoms with Crippen LogP contribution < -0.4 is 20.1 Å². The average Bonchev–Trinajstić information content (AvgIpc) is 2.57. The second-order valence-electron chi connectivity index (χ2n) is 6.41. The Morgan fingerprint density at radius 1 is 1.00 bits per heavy atom. The van der Waals surface area contributed by atoms with Crippen molar-refractivity contribution in [2.24, 2.45) is 0 Å². The Kier molecular flexibility index (Phi) is 7.62. The molecular weight excluding hydrogens is 428 g/mol. The Labute approximate surface area is 173 Å². The fraction of sp³-hybridized carbons (Fsp3) is 0.300. The third-order valence-electron chi connectivity index (χ3n) is 3.27. The predicted molar refractivity (Wildman–Crippen MR) is 116 cm³/mol. The number of halogens is 1. The van der Waals surface area contributed by atoms with Crippen molar-refractivity contribution in [3.63, 3.8) is 0 Å². The van der Waals surface area contributed by atoms with E-state index in [9.17, 15) is 4.79 Å². The molecule has 5 nitrogen and oxygen atoms in total. The van der Waals surface area contributed by atoms with E-state index in [1.807, 2.05) is 52.0 Å². The minimum absolute atomic E-state index is 0.0510. The summed E-state index contributed by atoms with van der Waals surface area (Å²) in [6, 6.07) is 12.5. The molecule has 0 unspecified atom stereocenters. The first kappa shape index (κ1) is 21.2. The molecule has 2 N–H and O–H groups in total. The van der Waals surface area contributed by atoms with Gasteiger partial charge in [-0.25, -0.2) is 0 Å². The van der Waals surface area contributed by atoms with E-state index in [1.165, 1.54) is 0 Å². The van der Waals surface area contributed by atoms with Crippen LogP contribution in [-0.4, -0.2) is 23.2 Å². The maximum Gasteiger partial charge on any atom is 0.257 e. The first-order chi connectivity index (χ1) is 12.7. The number of carbonyl (C=O) groups is 1. The summed E-state index contributed by atoms with van der Waals surface area (Å²) in [5.41, 5.74) is 1.24. The summed E-state index contributed by atoms with van der Waals surface area (Å²) in [4.78, 5) is 12.4. The van der Waals surface area contributed by atoms with Gasteiger partial charge in [-0.2, -0.15) is 0 Å². The van der Waals surface area contributed by atoms with Gasteiger partial charge in [0.25, 0.3) is 5.91 Å². The zero-order valence-corrected chi connectivity index (χ0v) is 18.1. The lowest BCUT2D eigenvalue weighted by Crippen LogP contribution is -2.34. The quantitative estimate of drug-likeness (QED) is 0.595. The Morgan fingerprint density at radius 3 is 2.19 bits per heavy atom. The summed E-state index contributed by atoms with van der Waals surface area (Å²) in [7, 11) is 0. The first-order valence-electron chi connectivity index (χ1n) is 8.60. The van der Waals surface area contributed by atoms with E-state index >= 15 is 0 Å². The summed E-state index contributed by atoms with van der Waals surface area (Å²) >= 11 is 8.64. The molecule has 2 rings (SSSR count). The third-order valence-corrected chi connectivity index (χ3v) is 4.09. The number of nitrogens with one attached hydrogen (secondary N) is 2. The van der Waals surface area contributed by atoms with Gasteiger partial charge >= 0.3 is 0 Å². The number of hydrogen-bond donors (Lipinski definition) is 2. The lowest BCUT2D eigenvalue weighted by molar-refractivity contribution is 0.0977. The molecule has 0 saturated carbocycles. The molecule has 0 aromatic heterocycles. The average molecular weight is 451 g/mol. The van der Waals surface area contributed by atoms with E-state index in [0.29, 0.717) is 15.8 Å². The summed E-state index contributed by atoms with van der Waals surface area (Å²) in [6.45, 7) is 7.82. The molecule has 0 spiro atoms. The molecule has 0 fully saturated rings. The maximum absolute atomic E-state index is 12.4. The van der Waals surface area contributed by atoms with E-state index in [1.54, 1.807) is 18.2 Å². The lowest BCUT2D eigenvalue weighted by Gasteiger charge is -2.14. The molecule has 27 heavy (non-hydrogen) atoms. The van der Waals surface area contributed by atoms with Gasteiger partial charge in [-0.05, 0) is 98.3 Å². The van der Waals surface area contributed by atoms with Crippen LogP contribution in [0.4, 0.5) is 5.69 Å². The topological polar surface area (TPSA) is 59.6 Å². The fourth-order valence-corrected chi connectivity index (χ4v) is 2.90. The van der Waals surface area contributed by atoms with Crippen molar-refractivity contribution in [1.29, 1.82) is 0 Å². The van der Waals surface area contributed by atoms with Gasteiger partial charge in [-0.1, -0.05) is 0 Å². The van der Waals surface area contributed by atoms with E-state index in [-0.39, 0.29) is 23.2 Å². The molecule has 2 aromatic rings. The number of carbonyl (C=O) groups excluding carboxylic acids is 1. The van der Waals surface area contributed by atoms with Gasteiger partial charge in [0, 0.05) is 11.3 Å². The van der Waals surface area contributed by atoms with Gasteiger partial charge < -0.3 is 14.8 Å². The largest absolute Gasteiger partial charge is 0.491 e. The Hall–Kier alpha value is -2.12. The van der Waals surface area contributed by atoms with Crippen molar-refractivity contribution >= 4 is 44.9 Å². The molecule has 0 aliphatic rings. The summed E-state index contributed by atoms with van der Waals surface area (Å²) < 4.78 is 12.0. The summed E-state index contributed by atoms with van der Waals surface area (Å²) in [6.07, 6.45) is 0.163. The first-order valence-corrected chi connectivity index (χ1v) is 9.80. The van der Waals surface area contributed by atoms with Crippen molar-refractivity contribution in [2.75, 3.05) is 5.32 Å². The van der Waals surface area contributed by atoms with Crippen LogP contribution in [0.5, 0.6) is 11.5 Å². The minimum atomic E-state index is -0.302. The summed E-state index contributed by atoms with van der Waals surface area (Å²) in [5, 5.41) is 5.87. The molecule has 0 saturated heterocycles. The smallest absolute Gasteiger partial charge is 0.257 e. The number of benzene rings is 2. The van der Waals surface area contributed by atoms with Gasteiger partial charge in [0.2, 0.25) is 0 Å². The Morgan fingerprint density at radius 2 is 1.63 bits per heavy atom. The molecular formula is C20H23BrN2O3S. The Bertz CT molecular complexity index is 807. The maximum atomic E-state index is 12.4. The van der Waals surface area contributed by atoms with E-state index in [0.717, 1.165) is 11.4 Å². The zero-order valence-electron chi connectivity index (χ0n) is 15.7. The minimum Gasteiger partial charge on any atom is -0.491 e. The van der Waals surface area contributed by atoms with Crippen molar-refractivity contribution in [3.8, 4) is 11.5 Å². The van der Waals surface area contributed by atoms with E-state index in [2.05, 4.69) is 26.6 Å². The van der Waals surface area contributed by atoms with Crippen LogP contribution in [0.2, 0.25) is 0 Å². The molecule has 0 aliphatic heterocycles. The van der Waals surface area contributed by atoms with Gasteiger partial charge in [0.15, 0.2) is 5.11 Å². The van der Waals surface area contributed by atoms with Gasteiger partial charge in [0.1, 0.15) is 11.5 Å². The monoisotopic (exact) mass is 450 g/mol. The van der Waals surface area contributed by atoms with Crippen molar-refractivity contribution in [3.05, 3.63) is 52.5 Å². The highest BCUT2D eigenvalue weighted by Crippen LogP contribution is 2.27. The normalized spacial score (nSPS) is 10.6. The van der Waals surface area contributed by atoms with Gasteiger partial charge in [-0.15, -0.1) is 0 Å². The van der Waals surface area contributed by atoms with Crippen LogP contribution in [-0.2, 0) is 0 Å². The SMILES string of the molecule is CC(C)Oc1ccc(NC(=S)NC(=O)c2ccc(OC(C)C)c(Br)c2)cc1. The van der Waals surface area contributed by atoms with Crippen molar-refractivity contribution in [1.82, 2.24) is 5.32 Å². The molecule has 0 heterocycles. The predicted octanol–water partition coefficient (Wildman–Crippen LogP) is 5.15. The van der Waals surface area contributed by atoms with Gasteiger partial charge in [0.05, 0.1) is 16.7 Å². The molecule has 1 amide bonds. The molecule has 0 radical (unpaired) electrons. The van der Waals surface area contributed by atoms with Crippen LogP contribution in [0.3, 0.4) is 0 Å². The number of anilines is 1. The van der Waals surface area contributed by atoms with Crippen molar-refractivity contribution < 1.29 is 14.3 Å². The summed E-state index contributed by atoms with van der Waals surface area (Å²) in [5.74, 6) is 1.16. The van der Waals surface area contributed by atoms with Crippen LogP contribution in [0.15, 0.2) is 46.9 Å². The standard InChI is InChI=1S/C20H23BrN2O3S/c1-12(2)25-16-8-6-15(7-9-16)22-20(27)23-19(24)14-5-10-18(17(21)11-14)26-13(3)4/h5-13H,1-4H3,(H2,22,23,24,27). The molecule has 0 aliphatic carbocycles. The number of amides is 1. The number of thiocarbonyl (C=S) groups is 1. The Balaban J connectivity index is 1.95. The fourth-order valence-electron chi connectivity index (χ4n) is 2.22. The van der Waals surface area contributed by atoms with Crippen LogP contribution in [0.1, 0.15) is 38.1 Å². The highest BCUT2D eigenvalue weighted by atomic mass is 79.9. The zero-order chi connectivity index (χ0) is 20.0. The van der Waals surface area contributed by atoms with E-state index < -0.39 is 0 Å². The lowest BCUT2D eigenvalue weighted by atomic mass is 10.2. The number of ether oxygens (including phenoxy) is 2. The number of rotatable bonds is 6. The second kappa shape index (κ2) is 9.71. The molecule has 2 aromatic carbocycles. The van der Waals surface area contributed by atoms with Crippen LogP contribution in [0, 0.1) is 0 Å². The highest BCUT2D eigenvalue weighted by molar-refractivity contribution is 9.10. The molecule has 0 atom stereocenters. The van der Waals surface area contributed by atoms with Crippen molar-refractivity contribution in [2.45, 2.75) is 39.9 Å². The second-order valence-corrected chi connectivity index (χ2v) is 7.67. The highest BCUT2D eigenvalue weighted by Gasteiger charge is 2.12. The van der Waals surface area contributed by atoms with Crippen LogP contribution in [0.25, 0.3) is 0 Å². The molecule has 7 heteroatoms. The third kappa shape index (κ3) is 6.84. The molecule has 144 valence electrons. The number of hydrogen-bond acceptors (Lipinski definition) is 4. The van der Waals surface area contributed by atoms with E-state index in [4.69, 9.17) is 21.7 Å².